The Labute approximate surface area is 211 Å². The second-order valence-electron chi connectivity index (χ2n) is 8.45. The average molecular weight is 488 g/mol. The molecule has 7 heteroatoms. The van der Waals surface area contributed by atoms with E-state index in [1.165, 1.54) is 0 Å². The van der Waals surface area contributed by atoms with Crippen LogP contribution in [0.1, 0.15) is 10.4 Å². The van der Waals surface area contributed by atoms with Gasteiger partial charge in [-0.3, -0.25) is 4.79 Å². The SMILES string of the molecule is COc1ccc(-c2nc3cc(NC(=O)c4ccc(-c5cc6ccccc6oc5=O)cc4)ccc3o2)cc1. The van der Waals surface area contributed by atoms with Crippen LogP contribution >= 0.6 is 0 Å². The molecule has 180 valence electrons. The molecule has 2 aromatic heterocycles. The van der Waals surface area contributed by atoms with Crippen molar-refractivity contribution in [1.29, 1.82) is 0 Å². The summed E-state index contributed by atoms with van der Waals surface area (Å²) in [5.74, 6) is 0.948. The summed E-state index contributed by atoms with van der Waals surface area (Å²) in [5.41, 5.74) is 4.33. The van der Waals surface area contributed by atoms with Crippen LogP contribution < -0.4 is 15.7 Å². The van der Waals surface area contributed by atoms with Crippen LogP contribution in [-0.4, -0.2) is 18.0 Å². The number of fused-ring (bicyclic) bond motifs is 2. The predicted octanol–water partition coefficient (Wildman–Crippen LogP) is 6.53. The minimum absolute atomic E-state index is 0.282. The summed E-state index contributed by atoms with van der Waals surface area (Å²) >= 11 is 0. The van der Waals surface area contributed by atoms with Gasteiger partial charge in [0.15, 0.2) is 5.58 Å². The molecule has 0 aliphatic rings. The minimum atomic E-state index is -0.425. The van der Waals surface area contributed by atoms with Gasteiger partial charge in [-0.15, -0.1) is 0 Å². The summed E-state index contributed by atoms with van der Waals surface area (Å²) < 4.78 is 16.5. The second kappa shape index (κ2) is 9.13. The summed E-state index contributed by atoms with van der Waals surface area (Å²) in [6.07, 6.45) is 0. The van der Waals surface area contributed by atoms with Crippen molar-refractivity contribution in [3.05, 3.63) is 113 Å². The van der Waals surface area contributed by atoms with Crippen LogP contribution in [0.5, 0.6) is 5.75 Å². The molecule has 37 heavy (non-hydrogen) atoms. The Kier molecular flexibility index (Phi) is 5.50. The monoisotopic (exact) mass is 488 g/mol. The van der Waals surface area contributed by atoms with Crippen molar-refractivity contribution >= 4 is 33.7 Å². The number of para-hydroxylation sites is 1. The fourth-order valence-electron chi connectivity index (χ4n) is 4.13. The lowest BCUT2D eigenvalue weighted by molar-refractivity contribution is 0.102. The Balaban J connectivity index is 1.21. The van der Waals surface area contributed by atoms with Gasteiger partial charge in [-0.05, 0) is 72.3 Å². The number of ether oxygens (including phenoxy) is 1. The number of benzene rings is 4. The molecule has 0 atom stereocenters. The van der Waals surface area contributed by atoms with Gasteiger partial charge < -0.3 is 18.9 Å². The maximum atomic E-state index is 12.9. The van der Waals surface area contributed by atoms with Gasteiger partial charge in [-0.1, -0.05) is 30.3 Å². The Bertz CT molecular complexity index is 1820. The molecular weight excluding hydrogens is 468 g/mol. The van der Waals surface area contributed by atoms with Crippen LogP contribution in [0.15, 0.2) is 111 Å². The van der Waals surface area contributed by atoms with E-state index in [0.29, 0.717) is 45.0 Å². The number of hydrogen-bond acceptors (Lipinski definition) is 6. The molecule has 6 rings (SSSR count). The zero-order valence-electron chi connectivity index (χ0n) is 19.7. The summed E-state index contributed by atoms with van der Waals surface area (Å²) in [6.45, 7) is 0. The molecular formula is C30H20N2O5. The van der Waals surface area contributed by atoms with Crippen LogP contribution in [0, 0.1) is 0 Å². The van der Waals surface area contributed by atoms with Gasteiger partial charge in [-0.2, -0.15) is 0 Å². The zero-order valence-corrected chi connectivity index (χ0v) is 19.7. The molecule has 0 saturated heterocycles. The lowest BCUT2D eigenvalue weighted by Gasteiger charge is -2.07. The van der Waals surface area contributed by atoms with E-state index in [-0.39, 0.29) is 5.91 Å². The normalized spacial score (nSPS) is 11.1. The number of rotatable bonds is 5. The first-order valence-corrected chi connectivity index (χ1v) is 11.6. The Morgan fingerprint density at radius 3 is 2.35 bits per heavy atom. The fraction of sp³-hybridized carbons (Fsp3) is 0.0333. The van der Waals surface area contributed by atoms with E-state index in [4.69, 9.17) is 13.6 Å². The fourth-order valence-corrected chi connectivity index (χ4v) is 4.13. The van der Waals surface area contributed by atoms with Crippen molar-refractivity contribution in [2.45, 2.75) is 0 Å². The number of nitrogens with one attached hydrogen (secondary N) is 1. The Morgan fingerprint density at radius 2 is 1.57 bits per heavy atom. The van der Waals surface area contributed by atoms with Gasteiger partial charge >= 0.3 is 5.63 Å². The van der Waals surface area contributed by atoms with Crippen molar-refractivity contribution in [1.82, 2.24) is 4.98 Å². The molecule has 1 N–H and O–H groups in total. The maximum absolute atomic E-state index is 12.9. The number of carbonyl (C=O) groups is 1. The van der Waals surface area contributed by atoms with E-state index < -0.39 is 5.63 Å². The smallest absolute Gasteiger partial charge is 0.344 e. The summed E-state index contributed by atoms with van der Waals surface area (Å²) in [6, 6.07) is 28.7. The van der Waals surface area contributed by atoms with Gasteiger partial charge in [0.05, 0.1) is 12.7 Å². The highest BCUT2D eigenvalue weighted by Gasteiger charge is 2.13. The van der Waals surface area contributed by atoms with E-state index in [0.717, 1.165) is 16.7 Å². The molecule has 7 nitrogen and oxygen atoms in total. The van der Waals surface area contributed by atoms with Crippen molar-refractivity contribution in [3.63, 3.8) is 0 Å². The third-order valence-corrected chi connectivity index (χ3v) is 6.08. The number of anilines is 1. The van der Waals surface area contributed by atoms with E-state index >= 15 is 0 Å². The lowest BCUT2D eigenvalue weighted by Crippen LogP contribution is -2.11. The van der Waals surface area contributed by atoms with E-state index in [1.54, 1.807) is 61.7 Å². The highest BCUT2D eigenvalue weighted by Crippen LogP contribution is 2.28. The Morgan fingerprint density at radius 1 is 0.811 bits per heavy atom. The number of oxazole rings is 1. The first-order valence-electron chi connectivity index (χ1n) is 11.6. The minimum Gasteiger partial charge on any atom is -0.497 e. The highest BCUT2D eigenvalue weighted by molar-refractivity contribution is 6.05. The zero-order chi connectivity index (χ0) is 25.4. The second-order valence-corrected chi connectivity index (χ2v) is 8.45. The predicted molar refractivity (Wildman–Crippen MR) is 142 cm³/mol. The van der Waals surface area contributed by atoms with Crippen LogP contribution in [0.3, 0.4) is 0 Å². The van der Waals surface area contributed by atoms with Crippen LogP contribution in [0.25, 0.3) is 44.7 Å². The van der Waals surface area contributed by atoms with Crippen molar-refractivity contribution < 1.29 is 18.4 Å². The molecule has 0 bridgehead atoms. The molecule has 0 fully saturated rings. The van der Waals surface area contributed by atoms with Gasteiger partial charge in [0.1, 0.15) is 16.8 Å². The lowest BCUT2D eigenvalue weighted by atomic mass is 10.0. The molecule has 0 spiro atoms. The third-order valence-electron chi connectivity index (χ3n) is 6.08. The first kappa shape index (κ1) is 22.3. The molecule has 0 aliphatic heterocycles. The van der Waals surface area contributed by atoms with E-state index in [9.17, 15) is 9.59 Å². The van der Waals surface area contributed by atoms with E-state index in [2.05, 4.69) is 10.3 Å². The molecule has 0 aliphatic carbocycles. The van der Waals surface area contributed by atoms with Gasteiger partial charge in [-0.25, -0.2) is 9.78 Å². The number of carbonyl (C=O) groups excluding carboxylic acids is 1. The molecule has 0 unspecified atom stereocenters. The number of aromatic nitrogens is 1. The summed E-state index contributed by atoms with van der Waals surface area (Å²) in [4.78, 5) is 29.9. The van der Waals surface area contributed by atoms with Crippen LogP contribution in [0.4, 0.5) is 5.69 Å². The molecule has 0 radical (unpaired) electrons. The molecule has 0 saturated carbocycles. The summed E-state index contributed by atoms with van der Waals surface area (Å²) in [5, 5.41) is 3.72. The third kappa shape index (κ3) is 4.34. The number of methoxy groups -OCH3 is 1. The average Bonchev–Trinajstić information content (AvgIpc) is 3.36. The van der Waals surface area contributed by atoms with Gasteiger partial charge in [0.2, 0.25) is 5.89 Å². The maximum Gasteiger partial charge on any atom is 0.344 e. The molecule has 2 heterocycles. The van der Waals surface area contributed by atoms with Crippen molar-refractivity contribution in [2.24, 2.45) is 0 Å². The standard InChI is InChI=1S/C30H20N2O5/c1-35-23-13-10-20(11-14-23)29-32-25-17-22(12-15-27(25)36-29)31-28(33)19-8-6-18(7-9-19)24-16-21-4-2-3-5-26(21)37-30(24)34/h2-17H,1H3,(H,31,33). The van der Waals surface area contributed by atoms with Crippen molar-refractivity contribution in [2.75, 3.05) is 12.4 Å². The van der Waals surface area contributed by atoms with Gasteiger partial charge in [0.25, 0.3) is 5.91 Å². The molecule has 1 amide bonds. The van der Waals surface area contributed by atoms with E-state index in [1.807, 2.05) is 42.5 Å². The van der Waals surface area contributed by atoms with Gasteiger partial charge in [0, 0.05) is 22.2 Å². The number of amides is 1. The quantitative estimate of drug-likeness (QED) is 0.277. The number of nitrogens with zero attached hydrogens (tertiary/aromatic N) is 1. The van der Waals surface area contributed by atoms with Crippen LogP contribution in [-0.2, 0) is 0 Å². The Hall–Kier alpha value is -5.17. The van der Waals surface area contributed by atoms with Crippen molar-refractivity contribution in [3.8, 4) is 28.3 Å². The topological polar surface area (TPSA) is 94.6 Å². The first-order chi connectivity index (χ1) is 18.1. The number of hydrogen-bond donors (Lipinski definition) is 1. The largest absolute Gasteiger partial charge is 0.497 e. The molecule has 4 aromatic carbocycles. The van der Waals surface area contributed by atoms with Crippen LogP contribution in [0.2, 0.25) is 0 Å². The molecule has 6 aromatic rings. The highest BCUT2D eigenvalue weighted by atomic mass is 16.5. The summed E-state index contributed by atoms with van der Waals surface area (Å²) in [7, 11) is 1.61.